The van der Waals surface area contributed by atoms with E-state index < -0.39 is 21.7 Å². The van der Waals surface area contributed by atoms with Gasteiger partial charge in [0.05, 0.1) is 4.90 Å². The second-order valence-corrected chi connectivity index (χ2v) is 11.0. The minimum absolute atomic E-state index is 0.136. The van der Waals surface area contributed by atoms with Crippen LogP contribution in [-0.2, 0) is 9.84 Å². The summed E-state index contributed by atoms with van der Waals surface area (Å²) in [5.41, 5.74) is 0.204. The monoisotopic (exact) mass is 564 g/mol. The quantitative estimate of drug-likeness (QED) is 0.461. The highest BCUT2D eigenvalue weighted by Gasteiger charge is 2.26. The third-order valence-electron chi connectivity index (χ3n) is 5.53. The van der Waals surface area contributed by atoms with Crippen LogP contribution >= 0.6 is 15.9 Å². The van der Waals surface area contributed by atoms with Crippen LogP contribution in [0.4, 0.5) is 9.18 Å². The number of likely N-dealkylation sites (tertiary alicyclic amines) is 1. The third kappa shape index (κ3) is 6.09. The van der Waals surface area contributed by atoms with Crippen LogP contribution in [-0.4, -0.2) is 49.4 Å². The topological polar surface area (TPSA) is 94.9 Å². The fourth-order valence-corrected chi connectivity index (χ4v) is 4.63. The lowest BCUT2D eigenvalue weighted by Gasteiger charge is -2.31. The predicted molar refractivity (Wildman–Crippen MR) is 130 cm³/mol. The first-order valence-electron chi connectivity index (χ1n) is 10.7. The first-order valence-corrected chi connectivity index (χ1v) is 13.4. The van der Waals surface area contributed by atoms with E-state index in [2.05, 4.69) is 15.9 Å². The van der Waals surface area contributed by atoms with Crippen molar-refractivity contribution in [2.24, 2.45) is 0 Å². The van der Waals surface area contributed by atoms with E-state index >= 15 is 0 Å². The van der Waals surface area contributed by atoms with Crippen molar-refractivity contribution in [1.82, 2.24) is 9.47 Å². The lowest BCUT2D eigenvalue weighted by atomic mass is 10.1. The number of hydrogen-bond donors (Lipinski definition) is 0. The molecule has 11 heteroatoms. The maximum Gasteiger partial charge on any atom is 0.415 e. The van der Waals surface area contributed by atoms with Crippen molar-refractivity contribution >= 4 is 31.9 Å². The van der Waals surface area contributed by atoms with Gasteiger partial charge < -0.3 is 14.4 Å². The number of carbonyl (C=O) groups is 1. The molecule has 0 bridgehead atoms. The van der Waals surface area contributed by atoms with E-state index in [-0.39, 0.29) is 22.3 Å². The Bertz CT molecular complexity index is 1400. The van der Waals surface area contributed by atoms with Gasteiger partial charge in [-0.3, -0.25) is 9.36 Å². The SMILES string of the molecule is CS(=O)(=O)c1ccc(-n2ccc(OC3CCN(C(=O)Oc4ccc(Br)cc4F)CC3)cc2=O)cc1. The number of piperidine rings is 1. The molecule has 0 saturated carbocycles. The van der Waals surface area contributed by atoms with Crippen LogP contribution in [0, 0.1) is 5.82 Å². The van der Waals surface area contributed by atoms with Gasteiger partial charge in [0.1, 0.15) is 11.9 Å². The zero-order valence-corrected chi connectivity index (χ0v) is 21.1. The van der Waals surface area contributed by atoms with Gasteiger partial charge in [0.2, 0.25) is 0 Å². The van der Waals surface area contributed by atoms with Gasteiger partial charge in [-0.1, -0.05) is 15.9 Å². The number of hydrogen-bond acceptors (Lipinski definition) is 6. The second-order valence-electron chi connectivity index (χ2n) is 8.08. The molecule has 3 aromatic rings. The largest absolute Gasteiger partial charge is 0.490 e. The highest BCUT2D eigenvalue weighted by atomic mass is 79.9. The Hall–Kier alpha value is -3.18. The number of benzene rings is 2. The van der Waals surface area contributed by atoms with Crippen molar-refractivity contribution in [3.8, 4) is 17.2 Å². The lowest BCUT2D eigenvalue weighted by Crippen LogP contribution is -2.43. The third-order valence-corrected chi connectivity index (χ3v) is 7.15. The van der Waals surface area contributed by atoms with E-state index in [0.717, 1.165) is 6.26 Å². The van der Waals surface area contributed by atoms with Gasteiger partial charge in [-0.05, 0) is 48.5 Å². The minimum Gasteiger partial charge on any atom is -0.490 e. The molecule has 0 spiro atoms. The first-order chi connectivity index (χ1) is 16.6. The predicted octanol–water partition coefficient (Wildman–Crippen LogP) is 4.18. The van der Waals surface area contributed by atoms with Gasteiger partial charge in [-0.15, -0.1) is 0 Å². The number of halogens is 2. The molecule has 1 amide bonds. The Morgan fingerprint density at radius 1 is 1.06 bits per heavy atom. The molecular formula is C24H22BrFN2O6S. The van der Waals surface area contributed by atoms with Gasteiger partial charge >= 0.3 is 6.09 Å². The summed E-state index contributed by atoms with van der Waals surface area (Å²) in [6, 6.07) is 13.2. The maximum atomic E-state index is 13.9. The molecule has 1 fully saturated rings. The fourth-order valence-electron chi connectivity index (χ4n) is 3.67. The van der Waals surface area contributed by atoms with Crippen LogP contribution in [0.2, 0.25) is 0 Å². The van der Waals surface area contributed by atoms with E-state index in [9.17, 15) is 22.4 Å². The first kappa shape index (κ1) is 24.9. The molecule has 2 heterocycles. The summed E-state index contributed by atoms with van der Waals surface area (Å²) >= 11 is 3.16. The number of aromatic nitrogens is 1. The van der Waals surface area contributed by atoms with Crippen LogP contribution in [0.25, 0.3) is 5.69 Å². The van der Waals surface area contributed by atoms with E-state index in [1.807, 2.05) is 0 Å². The van der Waals surface area contributed by atoms with Crippen LogP contribution in [0.3, 0.4) is 0 Å². The molecule has 0 radical (unpaired) electrons. The van der Waals surface area contributed by atoms with Gasteiger partial charge in [-0.2, -0.15) is 0 Å². The minimum atomic E-state index is -3.32. The van der Waals surface area contributed by atoms with Gasteiger partial charge in [-0.25, -0.2) is 17.6 Å². The normalized spacial score (nSPS) is 14.5. The summed E-state index contributed by atoms with van der Waals surface area (Å²) in [5.74, 6) is -0.368. The number of ether oxygens (including phenoxy) is 2. The summed E-state index contributed by atoms with van der Waals surface area (Å²) in [6.45, 7) is 0.733. The second kappa shape index (κ2) is 10.2. The summed E-state index contributed by atoms with van der Waals surface area (Å²) in [6.07, 6.45) is 2.89. The highest BCUT2D eigenvalue weighted by Crippen LogP contribution is 2.24. The van der Waals surface area contributed by atoms with Crippen LogP contribution in [0.5, 0.6) is 11.5 Å². The van der Waals surface area contributed by atoms with E-state index in [1.54, 1.807) is 30.5 Å². The smallest absolute Gasteiger partial charge is 0.415 e. The molecular weight excluding hydrogens is 543 g/mol. The number of carbonyl (C=O) groups excluding carboxylic acids is 1. The number of pyridine rings is 1. The molecule has 8 nitrogen and oxygen atoms in total. The molecule has 0 N–H and O–H groups in total. The average Bonchev–Trinajstić information content (AvgIpc) is 2.81. The molecule has 0 aliphatic carbocycles. The standard InChI is InChI=1S/C24H22BrFN2O6S/c1-35(31,32)20-5-3-17(4-6-20)28-13-10-19(15-23(28)29)33-18-8-11-27(12-9-18)24(30)34-22-7-2-16(25)14-21(22)26/h2-7,10,13-15,18H,8-9,11-12H2,1H3. The Balaban J connectivity index is 1.34. The molecule has 184 valence electrons. The Morgan fingerprint density at radius 3 is 2.34 bits per heavy atom. The zero-order chi connectivity index (χ0) is 25.2. The number of sulfone groups is 1. The number of rotatable bonds is 5. The molecule has 1 aromatic heterocycles. The maximum absolute atomic E-state index is 13.9. The molecule has 0 unspecified atom stereocenters. The molecule has 1 aliphatic rings. The fraction of sp³-hybridized carbons (Fsp3) is 0.250. The average molecular weight is 565 g/mol. The van der Waals surface area contributed by atoms with Crippen molar-refractivity contribution in [2.75, 3.05) is 19.3 Å². The van der Waals surface area contributed by atoms with Gasteiger partial charge in [0.25, 0.3) is 5.56 Å². The Kier molecular flexibility index (Phi) is 7.27. The van der Waals surface area contributed by atoms with Crippen LogP contribution in [0.15, 0.2) is 75.0 Å². The summed E-state index contributed by atoms with van der Waals surface area (Å²) in [5, 5.41) is 0. The van der Waals surface area contributed by atoms with Crippen molar-refractivity contribution in [3.63, 3.8) is 0 Å². The number of nitrogens with zero attached hydrogens (tertiary/aromatic N) is 2. The van der Waals surface area contributed by atoms with Crippen molar-refractivity contribution < 1.29 is 27.1 Å². The van der Waals surface area contributed by atoms with Crippen molar-refractivity contribution in [2.45, 2.75) is 23.8 Å². The van der Waals surface area contributed by atoms with Crippen molar-refractivity contribution in [3.05, 3.63) is 81.4 Å². The lowest BCUT2D eigenvalue weighted by molar-refractivity contribution is 0.0922. The molecule has 4 rings (SSSR count). The van der Waals surface area contributed by atoms with Crippen molar-refractivity contribution in [1.29, 1.82) is 0 Å². The summed E-state index contributed by atoms with van der Waals surface area (Å²) in [7, 11) is -3.32. The summed E-state index contributed by atoms with van der Waals surface area (Å²) < 4.78 is 50.2. The van der Waals surface area contributed by atoms with Gasteiger partial charge in [0.15, 0.2) is 21.4 Å². The van der Waals surface area contributed by atoms with E-state index in [1.165, 1.54) is 39.8 Å². The van der Waals surface area contributed by atoms with Crippen LogP contribution in [0.1, 0.15) is 12.8 Å². The molecule has 35 heavy (non-hydrogen) atoms. The summed E-state index contributed by atoms with van der Waals surface area (Å²) in [4.78, 5) is 26.6. The molecule has 0 atom stereocenters. The highest BCUT2D eigenvalue weighted by molar-refractivity contribution is 9.10. The Morgan fingerprint density at radius 2 is 1.74 bits per heavy atom. The Labute approximate surface area is 209 Å². The van der Waals surface area contributed by atoms with E-state index in [0.29, 0.717) is 41.8 Å². The number of amides is 1. The van der Waals surface area contributed by atoms with Gasteiger partial charge in [0, 0.05) is 54.6 Å². The molecule has 1 saturated heterocycles. The van der Waals surface area contributed by atoms with E-state index in [4.69, 9.17) is 9.47 Å². The molecule has 2 aromatic carbocycles. The molecule has 1 aliphatic heterocycles. The van der Waals surface area contributed by atoms with Crippen LogP contribution < -0.4 is 15.0 Å². The zero-order valence-electron chi connectivity index (χ0n) is 18.7.